The molecule has 1 aromatic heterocycles. The molecule has 244 valence electrons. The van der Waals surface area contributed by atoms with Crippen LogP contribution in [0.3, 0.4) is 0 Å². The predicted octanol–water partition coefficient (Wildman–Crippen LogP) is 8.24. The summed E-state index contributed by atoms with van der Waals surface area (Å²) in [5.74, 6) is 0.598. The summed E-state index contributed by atoms with van der Waals surface area (Å²) in [6, 6.07) is 29.3. The molecular formula is C40H38N2O6. The minimum absolute atomic E-state index is 0.117. The number of ketones is 1. The van der Waals surface area contributed by atoms with Gasteiger partial charge in [-0.25, -0.2) is 4.79 Å². The SMILES string of the molecule is CCn1c2ccc(C(=O)c3c(OC)ccc4ccccc34)cc2c2cc(/C(=N\OC(C)=O)c3ccc(OC(C)COC)cc3C)ccc21. The molecule has 8 nitrogen and oxygen atoms in total. The van der Waals surface area contributed by atoms with E-state index in [0.717, 1.165) is 55.8 Å². The topological polar surface area (TPSA) is 88.4 Å². The van der Waals surface area contributed by atoms with E-state index in [4.69, 9.17) is 19.0 Å². The van der Waals surface area contributed by atoms with Gasteiger partial charge in [0.1, 0.15) is 23.3 Å². The van der Waals surface area contributed by atoms with Gasteiger partial charge in [-0.3, -0.25) is 4.79 Å². The largest absolute Gasteiger partial charge is 0.496 e. The van der Waals surface area contributed by atoms with E-state index >= 15 is 0 Å². The van der Waals surface area contributed by atoms with Crippen molar-refractivity contribution >= 4 is 50.0 Å². The summed E-state index contributed by atoms with van der Waals surface area (Å²) >= 11 is 0. The van der Waals surface area contributed by atoms with Gasteiger partial charge >= 0.3 is 5.97 Å². The lowest BCUT2D eigenvalue weighted by atomic mass is 9.94. The average Bonchev–Trinajstić information content (AvgIpc) is 3.40. The van der Waals surface area contributed by atoms with Crippen LogP contribution in [0.1, 0.15) is 53.4 Å². The first-order valence-corrected chi connectivity index (χ1v) is 15.9. The van der Waals surface area contributed by atoms with Gasteiger partial charge < -0.3 is 23.6 Å². The Morgan fingerprint density at radius 1 is 0.833 bits per heavy atom. The predicted molar refractivity (Wildman–Crippen MR) is 190 cm³/mol. The summed E-state index contributed by atoms with van der Waals surface area (Å²) in [6.07, 6.45) is -0.119. The molecule has 8 heteroatoms. The van der Waals surface area contributed by atoms with E-state index in [1.807, 2.05) is 105 Å². The summed E-state index contributed by atoms with van der Waals surface area (Å²) < 4.78 is 19.1. The number of hydrogen-bond acceptors (Lipinski definition) is 7. The third-order valence-electron chi connectivity index (χ3n) is 8.51. The highest BCUT2D eigenvalue weighted by Crippen LogP contribution is 2.35. The third-order valence-corrected chi connectivity index (χ3v) is 8.51. The van der Waals surface area contributed by atoms with Crippen LogP contribution in [-0.2, 0) is 20.9 Å². The van der Waals surface area contributed by atoms with E-state index in [9.17, 15) is 9.59 Å². The van der Waals surface area contributed by atoms with E-state index in [-0.39, 0.29) is 11.9 Å². The fourth-order valence-electron chi connectivity index (χ4n) is 6.38. The Morgan fingerprint density at radius 3 is 2.21 bits per heavy atom. The zero-order valence-electron chi connectivity index (χ0n) is 28.0. The smallest absolute Gasteiger partial charge is 0.332 e. The summed E-state index contributed by atoms with van der Waals surface area (Å²) in [4.78, 5) is 31.3. The number of rotatable bonds is 11. The molecule has 0 aliphatic carbocycles. The van der Waals surface area contributed by atoms with Crippen LogP contribution < -0.4 is 9.47 Å². The standard InChI is InChI=1S/C40H38N2O6/c1-7-42-35-17-12-28(39(41-48-26(4)43)31-16-15-30(20-24(31)2)47-25(3)23-45-5)21-33(35)34-22-29(13-18-36(34)42)40(44)38-32-11-9-8-10-27(32)14-19-37(38)46-6/h8-22,25H,7,23H2,1-6H3/b41-39+. The zero-order valence-corrected chi connectivity index (χ0v) is 28.0. The van der Waals surface area contributed by atoms with Crippen molar-refractivity contribution < 1.29 is 28.6 Å². The maximum atomic E-state index is 14.2. The zero-order chi connectivity index (χ0) is 33.9. The Bertz CT molecular complexity index is 2210. The fourth-order valence-corrected chi connectivity index (χ4v) is 6.38. The van der Waals surface area contributed by atoms with Crippen LogP contribution in [-0.4, -0.2) is 49.0 Å². The van der Waals surface area contributed by atoms with E-state index in [1.165, 1.54) is 6.92 Å². The normalized spacial score (nSPS) is 12.4. The van der Waals surface area contributed by atoms with Gasteiger partial charge in [0.2, 0.25) is 0 Å². The second kappa shape index (κ2) is 13.7. The van der Waals surface area contributed by atoms with E-state index in [0.29, 0.717) is 34.9 Å². The van der Waals surface area contributed by atoms with Gasteiger partial charge in [0.15, 0.2) is 5.78 Å². The number of fused-ring (bicyclic) bond motifs is 4. The summed E-state index contributed by atoms with van der Waals surface area (Å²) in [5.41, 5.74) is 6.07. The highest BCUT2D eigenvalue weighted by molar-refractivity contribution is 6.21. The minimum atomic E-state index is -0.519. The van der Waals surface area contributed by atoms with Gasteiger partial charge in [-0.2, -0.15) is 0 Å². The maximum absolute atomic E-state index is 14.2. The highest BCUT2D eigenvalue weighted by atomic mass is 16.7. The van der Waals surface area contributed by atoms with Gasteiger partial charge in [-0.05, 0) is 91.7 Å². The second-order valence-corrected chi connectivity index (χ2v) is 11.8. The number of oxime groups is 1. The Balaban J connectivity index is 1.49. The van der Waals surface area contributed by atoms with Crippen molar-refractivity contribution in [2.24, 2.45) is 5.16 Å². The van der Waals surface area contributed by atoms with Crippen molar-refractivity contribution in [2.45, 2.75) is 40.3 Å². The third kappa shape index (κ3) is 6.14. The first kappa shape index (κ1) is 32.5. The Morgan fingerprint density at radius 2 is 1.54 bits per heavy atom. The molecule has 0 N–H and O–H groups in total. The van der Waals surface area contributed by atoms with Crippen LogP contribution in [0.25, 0.3) is 32.6 Å². The molecule has 0 fully saturated rings. The molecule has 6 rings (SSSR count). The van der Waals surface area contributed by atoms with Gasteiger partial charge in [0, 0.05) is 59.1 Å². The van der Waals surface area contributed by atoms with Crippen molar-refractivity contribution in [2.75, 3.05) is 20.8 Å². The van der Waals surface area contributed by atoms with E-state index in [2.05, 4.69) is 16.6 Å². The summed E-state index contributed by atoms with van der Waals surface area (Å²) in [6.45, 7) is 8.53. The Labute approximate surface area is 279 Å². The van der Waals surface area contributed by atoms with Crippen molar-refractivity contribution in [3.63, 3.8) is 0 Å². The van der Waals surface area contributed by atoms with Crippen molar-refractivity contribution in [1.82, 2.24) is 4.57 Å². The maximum Gasteiger partial charge on any atom is 0.332 e. The van der Waals surface area contributed by atoms with Crippen LogP contribution >= 0.6 is 0 Å². The molecule has 5 aromatic carbocycles. The minimum Gasteiger partial charge on any atom is -0.496 e. The van der Waals surface area contributed by atoms with Gasteiger partial charge in [-0.1, -0.05) is 41.6 Å². The first-order chi connectivity index (χ1) is 23.2. The molecule has 0 bridgehead atoms. The Hall–Kier alpha value is -5.47. The molecular weight excluding hydrogens is 604 g/mol. The monoisotopic (exact) mass is 642 g/mol. The van der Waals surface area contributed by atoms with Crippen molar-refractivity contribution in [3.8, 4) is 11.5 Å². The van der Waals surface area contributed by atoms with Crippen LogP contribution in [0.4, 0.5) is 0 Å². The van der Waals surface area contributed by atoms with Crippen LogP contribution in [0.2, 0.25) is 0 Å². The number of aromatic nitrogens is 1. The second-order valence-electron chi connectivity index (χ2n) is 11.8. The number of aryl methyl sites for hydroxylation is 2. The summed E-state index contributed by atoms with van der Waals surface area (Å²) in [5, 5.41) is 8.01. The molecule has 0 radical (unpaired) electrons. The number of carbonyl (C=O) groups excluding carboxylic acids is 2. The average molecular weight is 643 g/mol. The lowest BCUT2D eigenvalue weighted by molar-refractivity contribution is -0.140. The van der Waals surface area contributed by atoms with E-state index < -0.39 is 5.97 Å². The number of ether oxygens (including phenoxy) is 3. The number of benzene rings is 5. The fraction of sp³-hybridized carbons (Fsp3) is 0.225. The van der Waals surface area contributed by atoms with E-state index in [1.54, 1.807) is 14.2 Å². The van der Waals surface area contributed by atoms with Crippen molar-refractivity contribution in [3.05, 3.63) is 119 Å². The van der Waals surface area contributed by atoms with Crippen molar-refractivity contribution in [1.29, 1.82) is 0 Å². The molecule has 0 amide bonds. The lowest BCUT2D eigenvalue weighted by Gasteiger charge is -2.16. The van der Waals surface area contributed by atoms with Crippen LogP contribution in [0.15, 0.2) is 96.2 Å². The first-order valence-electron chi connectivity index (χ1n) is 15.9. The van der Waals surface area contributed by atoms with Crippen LogP contribution in [0.5, 0.6) is 11.5 Å². The molecule has 0 saturated carbocycles. The molecule has 0 spiro atoms. The number of hydrogen-bond donors (Lipinski definition) is 0. The number of nitrogens with zero attached hydrogens (tertiary/aromatic N) is 2. The summed E-state index contributed by atoms with van der Waals surface area (Å²) in [7, 11) is 3.22. The van der Waals surface area contributed by atoms with Gasteiger partial charge in [0.05, 0.1) is 19.3 Å². The quantitative estimate of drug-likeness (QED) is 0.0612. The molecule has 6 aromatic rings. The molecule has 48 heavy (non-hydrogen) atoms. The number of methoxy groups -OCH3 is 2. The molecule has 0 aliphatic rings. The molecule has 1 unspecified atom stereocenters. The molecule has 1 heterocycles. The Kier molecular flexibility index (Phi) is 9.28. The highest BCUT2D eigenvalue weighted by Gasteiger charge is 2.21. The molecule has 1 atom stereocenters. The number of carbonyl (C=O) groups is 2. The molecule has 0 saturated heterocycles. The van der Waals surface area contributed by atoms with Gasteiger partial charge in [-0.15, -0.1) is 0 Å². The lowest BCUT2D eigenvalue weighted by Crippen LogP contribution is -2.18. The van der Waals surface area contributed by atoms with Gasteiger partial charge in [0.25, 0.3) is 0 Å². The molecule has 0 aliphatic heterocycles. The van der Waals surface area contributed by atoms with Crippen LogP contribution in [0, 0.1) is 6.92 Å².